The zero-order valence-corrected chi connectivity index (χ0v) is 33.6. The Balaban J connectivity index is 1.37. The zero-order valence-electron chi connectivity index (χ0n) is 33.6. The van der Waals surface area contributed by atoms with E-state index < -0.39 is 23.8 Å². The summed E-state index contributed by atoms with van der Waals surface area (Å²) in [5.74, 6) is -0.482. The summed E-state index contributed by atoms with van der Waals surface area (Å²) in [5, 5.41) is 5.76. The number of amides is 2. The second kappa shape index (κ2) is 17.0. The van der Waals surface area contributed by atoms with Gasteiger partial charge < -0.3 is 24.8 Å². The van der Waals surface area contributed by atoms with Gasteiger partial charge in [0.25, 0.3) is 0 Å². The quantitative estimate of drug-likeness (QED) is 0.0788. The van der Waals surface area contributed by atoms with Crippen molar-refractivity contribution in [2.45, 2.75) is 124 Å². The monoisotopic (exact) mass is 724 g/mol. The SMILES string of the molecule is C=C(C)C(=O)OCc1cc(CCCNC(=O)OCC2c3cc(C(C)(C)C)ccc3-c3ccc(C(C)(C)C)cc32)cc(CCCNC(=O)OC(C)(C)C)c1. The molecule has 3 aromatic rings. The first-order valence-corrected chi connectivity index (χ1v) is 18.8. The van der Waals surface area contributed by atoms with Gasteiger partial charge in [0.05, 0.1) is 0 Å². The maximum absolute atomic E-state index is 13.0. The second-order valence-corrected chi connectivity index (χ2v) is 17.3. The maximum Gasteiger partial charge on any atom is 0.407 e. The molecule has 0 bridgehead atoms. The van der Waals surface area contributed by atoms with Gasteiger partial charge in [-0.3, -0.25) is 0 Å². The van der Waals surface area contributed by atoms with Gasteiger partial charge in [-0.1, -0.05) is 103 Å². The molecule has 4 rings (SSSR count). The van der Waals surface area contributed by atoms with E-state index in [4.69, 9.17) is 14.2 Å². The van der Waals surface area contributed by atoms with Gasteiger partial charge in [-0.25, -0.2) is 14.4 Å². The van der Waals surface area contributed by atoms with E-state index in [1.807, 2.05) is 32.9 Å². The van der Waals surface area contributed by atoms with Crippen molar-refractivity contribution in [1.29, 1.82) is 0 Å². The summed E-state index contributed by atoms with van der Waals surface area (Å²) < 4.78 is 16.7. The summed E-state index contributed by atoms with van der Waals surface area (Å²) in [6.45, 7) is 25.4. The first kappa shape index (κ1) is 41.2. The number of benzene rings is 3. The predicted molar refractivity (Wildman–Crippen MR) is 212 cm³/mol. The Morgan fingerprint density at radius 1 is 0.660 bits per heavy atom. The predicted octanol–water partition coefficient (Wildman–Crippen LogP) is 9.83. The minimum absolute atomic E-state index is 0.00248. The average Bonchev–Trinajstić information content (AvgIpc) is 3.37. The van der Waals surface area contributed by atoms with Crippen LogP contribution in [0.4, 0.5) is 9.59 Å². The molecule has 0 saturated heterocycles. The number of nitrogens with one attached hydrogen (secondary N) is 2. The highest BCUT2D eigenvalue weighted by Gasteiger charge is 2.32. The molecular weight excluding hydrogens is 665 g/mol. The summed E-state index contributed by atoms with van der Waals surface area (Å²) in [7, 11) is 0. The van der Waals surface area contributed by atoms with Crippen LogP contribution in [0.1, 0.15) is 127 Å². The fourth-order valence-electron chi connectivity index (χ4n) is 6.45. The minimum Gasteiger partial charge on any atom is -0.457 e. The van der Waals surface area contributed by atoms with Crippen molar-refractivity contribution in [2.24, 2.45) is 0 Å². The van der Waals surface area contributed by atoms with Gasteiger partial charge in [0, 0.05) is 24.6 Å². The molecule has 0 atom stereocenters. The fraction of sp³-hybridized carbons (Fsp3) is 0.489. The van der Waals surface area contributed by atoms with Crippen molar-refractivity contribution >= 4 is 18.2 Å². The van der Waals surface area contributed by atoms with Crippen molar-refractivity contribution in [3.05, 3.63) is 106 Å². The number of carbonyl (C=O) groups excluding carboxylic acids is 3. The fourth-order valence-corrected chi connectivity index (χ4v) is 6.45. The number of hydrogen-bond acceptors (Lipinski definition) is 6. The number of esters is 1. The lowest BCUT2D eigenvalue weighted by Crippen LogP contribution is -2.33. The number of hydrogen-bond donors (Lipinski definition) is 2. The molecule has 8 heteroatoms. The van der Waals surface area contributed by atoms with Gasteiger partial charge in [-0.2, -0.15) is 0 Å². The van der Waals surface area contributed by atoms with Gasteiger partial charge in [-0.15, -0.1) is 0 Å². The van der Waals surface area contributed by atoms with Crippen LogP contribution in [0.5, 0.6) is 0 Å². The van der Waals surface area contributed by atoms with Crippen LogP contribution in [-0.2, 0) is 49.3 Å². The summed E-state index contributed by atoms with van der Waals surface area (Å²) in [4.78, 5) is 37.2. The second-order valence-electron chi connectivity index (χ2n) is 17.3. The highest BCUT2D eigenvalue weighted by Crippen LogP contribution is 2.47. The molecule has 0 radical (unpaired) electrons. The largest absolute Gasteiger partial charge is 0.457 e. The lowest BCUT2D eigenvalue weighted by Gasteiger charge is -2.22. The van der Waals surface area contributed by atoms with Crippen molar-refractivity contribution in [1.82, 2.24) is 10.6 Å². The number of rotatable bonds is 13. The standard InChI is InChI=1S/C45H60N2O6/c1-29(2)40(48)51-27-32-23-30(22-31(24-32)15-13-21-47-42(50)53-45(9,10)11)14-12-20-46-41(49)52-28-39-37-25-33(43(3,4)5)16-18-35(37)36-19-17-34(26-38(36)39)44(6,7)8/h16-19,22-26,39H,1,12-15,20-21,27-28H2,2-11H3,(H,46,49)(H,47,50). The van der Waals surface area contributed by atoms with Gasteiger partial charge in [-0.05, 0) is 114 Å². The van der Waals surface area contributed by atoms with Crippen molar-refractivity contribution < 1.29 is 28.6 Å². The van der Waals surface area contributed by atoms with Gasteiger partial charge in [0.15, 0.2) is 0 Å². The number of ether oxygens (including phenoxy) is 3. The molecule has 286 valence electrons. The van der Waals surface area contributed by atoms with Crippen LogP contribution in [0.25, 0.3) is 11.1 Å². The lowest BCUT2D eigenvalue weighted by atomic mass is 9.83. The van der Waals surface area contributed by atoms with Crippen LogP contribution in [0, 0.1) is 0 Å². The van der Waals surface area contributed by atoms with E-state index >= 15 is 0 Å². The van der Waals surface area contributed by atoms with E-state index in [-0.39, 0.29) is 30.0 Å². The summed E-state index contributed by atoms with van der Waals surface area (Å²) >= 11 is 0. The third-order valence-corrected chi connectivity index (χ3v) is 9.31. The topological polar surface area (TPSA) is 103 Å². The third-order valence-electron chi connectivity index (χ3n) is 9.31. The summed E-state index contributed by atoms with van der Waals surface area (Å²) in [5.41, 5.74) is 10.1. The van der Waals surface area contributed by atoms with Crippen LogP contribution in [-0.4, -0.2) is 43.5 Å². The molecule has 0 heterocycles. The van der Waals surface area contributed by atoms with E-state index in [2.05, 4.69) is 101 Å². The maximum atomic E-state index is 13.0. The van der Waals surface area contributed by atoms with Gasteiger partial charge in [0.1, 0.15) is 18.8 Å². The van der Waals surface area contributed by atoms with E-state index in [1.165, 1.54) is 33.4 Å². The Morgan fingerprint density at radius 2 is 1.13 bits per heavy atom. The highest BCUT2D eigenvalue weighted by atomic mass is 16.6. The lowest BCUT2D eigenvalue weighted by molar-refractivity contribution is -0.140. The molecule has 2 amide bonds. The Labute approximate surface area is 317 Å². The molecule has 0 aromatic heterocycles. The number of carbonyl (C=O) groups is 3. The van der Waals surface area contributed by atoms with Gasteiger partial charge in [0.2, 0.25) is 0 Å². The van der Waals surface area contributed by atoms with E-state index in [9.17, 15) is 14.4 Å². The Morgan fingerprint density at radius 3 is 1.58 bits per heavy atom. The zero-order chi connectivity index (χ0) is 39.1. The molecule has 1 aliphatic rings. The van der Waals surface area contributed by atoms with Crippen molar-refractivity contribution in [3.8, 4) is 11.1 Å². The normalized spacial score (nSPS) is 12.8. The molecule has 53 heavy (non-hydrogen) atoms. The highest BCUT2D eigenvalue weighted by molar-refractivity contribution is 5.87. The molecule has 8 nitrogen and oxygen atoms in total. The molecule has 1 aliphatic carbocycles. The van der Waals surface area contributed by atoms with E-state index in [0.717, 1.165) is 23.1 Å². The van der Waals surface area contributed by atoms with E-state index in [0.29, 0.717) is 37.9 Å². The van der Waals surface area contributed by atoms with Crippen LogP contribution < -0.4 is 10.6 Å². The van der Waals surface area contributed by atoms with Crippen LogP contribution in [0.3, 0.4) is 0 Å². The summed E-state index contributed by atoms with van der Waals surface area (Å²) in [6.07, 6.45) is 1.97. The van der Waals surface area contributed by atoms with Crippen LogP contribution in [0.15, 0.2) is 66.7 Å². The number of fused-ring (bicyclic) bond motifs is 3. The minimum atomic E-state index is -0.554. The number of alkyl carbamates (subject to hydrolysis) is 2. The van der Waals surface area contributed by atoms with Crippen LogP contribution >= 0.6 is 0 Å². The van der Waals surface area contributed by atoms with Crippen LogP contribution in [0.2, 0.25) is 0 Å². The molecule has 0 unspecified atom stereocenters. The number of aryl methyl sites for hydroxylation is 2. The van der Waals surface area contributed by atoms with Crippen molar-refractivity contribution in [3.63, 3.8) is 0 Å². The molecule has 0 fully saturated rings. The molecular formula is C45H60N2O6. The van der Waals surface area contributed by atoms with Gasteiger partial charge >= 0.3 is 18.2 Å². The molecule has 3 aromatic carbocycles. The Kier molecular flexibility index (Phi) is 13.2. The third kappa shape index (κ3) is 12.0. The molecule has 2 N–H and O–H groups in total. The first-order valence-electron chi connectivity index (χ1n) is 18.8. The molecule has 0 aliphatic heterocycles. The Bertz CT molecular complexity index is 1740. The average molecular weight is 725 g/mol. The van der Waals surface area contributed by atoms with E-state index in [1.54, 1.807) is 6.92 Å². The molecule has 0 spiro atoms. The molecule has 0 saturated carbocycles. The smallest absolute Gasteiger partial charge is 0.407 e. The first-order chi connectivity index (χ1) is 24.7. The van der Waals surface area contributed by atoms with Crippen molar-refractivity contribution in [2.75, 3.05) is 19.7 Å². The summed E-state index contributed by atoms with van der Waals surface area (Å²) in [6, 6.07) is 19.6. The Hall–Kier alpha value is -4.59.